The number of aromatic nitrogens is 1. The van der Waals surface area contributed by atoms with Crippen LogP contribution in [-0.4, -0.2) is 55.7 Å². The zero-order valence-corrected chi connectivity index (χ0v) is 19.1. The van der Waals surface area contributed by atoms with E-state index in [0.717, 1.165) is 39.6 Å². The zero-order valence-electron chi connectivity index (χ0n) is 18.3. The largest absolute Gasteiger partial charge is 0.497 e. The van der Waals surface area contributed by atoms with E-state index in [1.807, 2.05) is 48.5 Å². The van der Waals surface area contributed by atoms with E-state index < -0.39 is 0 Å². The molecule has 0 saturated carbocycles. The Kier molecular flexibility index (Phi) is 6.39. The Morgan fingerprint density at radius 2 is 1.91 bits per heavy atom. The van der Waals surface area contributed by atoms with Crippen LogP contribution in [0.5, 0.6) is 5.75 Å². The van der Waals surface area contributed by atoms with Crippen LogP contribution in [0, 0.1) is 0 Å². The topological polar surface area (TPSA) is 76.8 Å². The lowest BCUT2D eigenvalue weighted by molar-refractivity contribution is 0.0161. The Morgan fingerprint density at radius 1 is 1.12 bits per heavy atom. The summed E-state index contributed by atoms with van der Waals surface area (Å²) in [6.07, 6.45) is 0. The Hall–Kier alpha value is -3.20. The first-order valence-corrected chi connectivity index (χ1v) is 11.7. The van der Waals surface area contributed by atoms with Gasteiger partial charge in [-0.3, -0.25) is 9.69 Å². The van der Waals surface area contributed by atoms with Crippen LogP contribution in [-0.2, 0) is 4.74 Å². The second-order valence-electron chi connectivity index (χ2n) is 7.80. The molecular formula is C25H25N3O4S. The molecule has 5 rings (SSSR count). The number of thiazole rings is 1. The van der Waals surface area contributed by atoms with Crippen molar-refractivity contribution in [2.24, 2.45) is 0 Å². The minimum Gasteiger partial charge on any atom is -0.497 e. The molecule has 3 heterocycles. The van der Waals surface area contributed by atoms with E-state index in [0.29, 0.717) is 25.5 Å². The number of para-hydroxylation sites is 1. The number of morpholine rings is 1. The monoisotopic (exact) mass is 463 g/mol. The molecular weight excluding hydrogens is 438 g/mol. The number of carbonyl (C=O) groups excluding carboxylic acids is 1. The number of methoxy groups -OCH3 is 1. The van der Waals surface area contributed by atoms with Crippen LogP contribution in [0.25, 0.3) is 21.0 Å². The first-order chi connectivity index (χ1) is 16.2. The average molecular weight is 464 g/mol. The van der Waals surface area contributed by atoms with Gasteiger partial charge in [0, 0.05) is 19.6 Å². The van der Waals surface area contributed by atoms with Crippen LogP contribution in [0.1, 0.15) is 22.2 Å². The molecule has 0 bridgehead atoms. The highest BCUT2D eigenvalue weighted by molar-refractivity contribution is 7.21. The number of amides is 1. The zero-order chi connectivity index (χ0) is 22.6. The molecule has 1 saturated heterocycles. The third-order valence-electron chi connectivity index (χ3n) is 5.78. The Morgan fingerprint density at radius 3 is 2.67 bits per heavy atom. The molecule has 1 aliphatic rings. The molecule has 1 atom stereocenters. The predicted molar refractivity (Wildman–Crippen MR) is 128 cm³/mol. The first kappa shape index (κ1) is 21.6. The second kappa shape index (κ2) is 9.74. The van der Waals surface area contributed by atoms with Crippen LogP contribution >= 0.6 is 11.3 Å². The Bertz CT molecular complexity index is 1190. The quantitative estimate of drug-likeness (QED) is 0.439. The SMILES string of the molecule is COc1ccc([C@H](CNC(=O)c2ccc(-c3nc4ccccc4s3)o2)N2CCOCC2)cc1. The van der Waals surface area contributed by atoms with Gasteiger partial charge in [-0.15, -0.1) is 11.3 Å². The normalized spacial score (nSPS) is 15.4. The van der Waals surface area contributed by atoms with Gasteiger partial charge >= 0.3 is 0 Å². The summed E-state index contributed by atoms with van der Waals surface area (Å²) in [5.74, 6) is 1.44. The molecule has 2 aromatic heterocycles. The van der Waals surface area contributed by atoms with Crippen LogP contribution < -0.4 is 10.1 Å². The molecule has 0 spiro atoms. The number of hydrogen-bond acceptors (Lipinski definition) is 7. The van der Waals surface area contributed by atoms with Crippen LogP contribution in [0.2, 0.25) is 0 Å². The molecule has 170 valence electrons. The predicted octanol–water partition coefficient (Wildman–Crippen LogP) is 4.37. The molecule has 1 aliphatic heterocycles. The van der Waals surface area contributed by atoms with E-state index in [2.05, 4.69) is 15.2 Å². The van der Waals surface area contributed by atoms with Crippen molar-refractivity contribution in [1.29, 1.82) is 0 Å². The summed E-state index contributed by atoms with van der Waals surface area (Å²) in [6.45, 7) is 3.46. The standard InChI is InChI=1S/C25H25N3O4S/c1-30-18-8-6-17(7-9-18)20(28-12-14-31-15-13-28)16-26-24(29)21-10-11-22(32-21)25-27-19-4-2-3-5-23(19)33-25/h2-11,20H,12-16H2,1H3,(H,26,29)/t20-/m0/s1. The minimum absolute atomic E-state index is 0.0300. The number of carbonyl (C=O) groups is 1. The average Bonchev–Trinajstić information content (AvgIpc) is 3.52. The van der Waals surface area contributed by atoms with Gasteiger partial charge in [0.05, 0.1) is 36.6 Å². The van der Waals surface area contributed by atoms with Crippen LogP contribution in [0.15, 0.2) is 65.1 Å². The molecule has 4 aromatic rings. The summed E-state index contributed by atoms with van der Waals surface area (Å²) >= 11 is 1.55. The smallest absolute Gasteiger partial charge is 0.287 e. The summed E-state index contributed by atoms with van der Waals surface area (Å²) in [7, 11) is 1.65. The van der Waals surface area contributed by atoms with E-state index in [-0.39, 0.29) is 17.7 Å². The summed E-state index contributed by atoms with van der Waals surface area (Å²) in [6, 6.07) is 19.5. The summed E-state index contributed by atoms with van der Waals surface area (Å²) in [4.78, 5) is 19.8. The highest BCUT2D eigenvalue weighted by Gasteiger charge is 2.24. The number of rotatable bonds is 7. The number of nitrogens with zero attached hydrogens (tertiary/aromatic N) is 2. The number of fused-ring (bicyclic) bond motifs is 1. The summed E-state index contributed by atoms with van der Waals surface area (Å²) < 4.78 is 17.7. The van der Waals surface area contributed by atoms with Crippen molar-refractivity contribution in [3.63, 3.8) is 0 Å². The lowest BCUT2D eigenvalue weighted by Crippen LogP contribution is -2.43. The summed E-state index contributed by atoms with van der Waals surface area (Å²) in [5.41, 5.74) is 2.04. The van der Waals surface area contributed by atoms with Crippen molar-refractivity contribution in [2.45, 2.75) is 6.04 Å². The lowest BCUT2D eigenvalue weighted by atomic mass is 10.0. The molecule has 7 nitrogen and oxygen atoms in total. The summed E-state index contributed by atoms with van der Waals surface area (Å²) in [5, 5.41) is 3.81. The lowest BCUT2D eigenvalue weighted by Gasteiger charge is -2.34. The van der Waals surface area contributed by atoms with Gasteiger partial charge in [0.15, 0.2) is 16.5 Å². The maximum atomic E-state index is 12.9. The third kappa shape index (κ3) is 4.78. The second-order valence-corrected chi connectivity index (χ2v) is 8.83. The molecule has 1 fully saturated rings. The van der Waals surface area contributed by atoms with Gasteiger partial charge in [-0.2, -0.15) is 0 Å². The van der Waals surface area contributed by atoms with Crippen molar-refractivity contribution in [3.8, 4) is 16.5 Å². The Balaban J connectivity index is 1.30. The minimum atomic E-state index is -0.242. The van der Waals surface area contributed by atoms with Gasteiger partial charge in [0.25, 0.3) is 5.91 Å². The van der Waals surface area contributed by atoms with E-state index in [1.54, 1.807) is 30.6 Å². The van der Waals surface area contributed by atoms with E-state index in [1.165, 1.54) is 0 Å². The van der Waals surface area contributed by atoms with Crippen molar-refractivity contribution < 1.29 is 18.7 Å². The van der Waals surface area contributed by atoms with E-state index in [9.17, 15) is 4.79 Å². The maximum Gasteiger partial charge on any atom is 0.287 e. The van der Waals surface area contributed by atoms with Gasteiger partial charge in [-0.25, -0.2) is 4.98 Å². The number of nitrogens with one attached hydrogen (secondary N) is 1. The van der Waals surface area contributed by atoms with Crippen LogP contribution in [0.4, 0.5) is 0 Å². The number of ether oxygens (including phenoxy) is 2. The molecule has 0 radical (unpaired) electrons. The van der Waals surface area contributed by atoms with Crippen molar-refractivity contribution >= 4 is 27.5 Å². The fraction of sp³-hybridized carbons (Fsp3) is 0.280. The van der Waals surface area contributed by atoms with E-state index in [4.69, 9.17) is 13.9 Å². The number of hydrogen-bond donors (Lipinski definition) is 1. The van der Waals surface area contributed by atoms with Crippen LogP contribution in [0.3, 0.4) is 0 Å². The fourth-order valence-corrected chi connectivity index (χ4v) is 4.93. The van der Waals surface area contributed by atoms with Gasteiger partial charge in [0.2, 0.25) is 0 Å². The third-order valence-corrected chi connectivity index (χ3v) is 6.83. The molecule has 8 heteroatoms. The highest BCUT2D eigenvalue weighted by Crippen LogP contribution is 2.31. The number of furan rings is 1. The van der Waals surface area contributed by atoms with Gasteiger partial charge in [-0.1, -0.05) is 24.3 Å². The Labute approximate surface area is 195 Å². The molecule has 2 aromatic carbocycles. The molecule has 0 unspecified atom stereocenters. The van der Waals surface area contributed by atoms with E-state index >= 15 is 0 Å². The number of benzene rings is 2. The molecule has 33 heavy (non-hydrogen) atoms. The first-order valence-electron chi connectivity index (χ1n) is 10.9. The molecule has 0 aliphatic carbocycles. The van der Waals surface area contributed by atoms with Crippen molar-refractivity contribution in [3.05, 3.63) is 72.0 Å². The molecule has 1 amide bonds. The molecule has 1 N–H and O–H groups in total. The van der Waals surface area contributed by atoms with Crippen molar-refractivity contribution in [2.75, 3.05) is 40.0 Å². The highest BCUT2D eigenvalue weighted by atomic mass is 32.1. The maximum absolute atomic E-state index is 12.9. The fourth-order valence-electron chi connectivity index (χ4n) is 4.00. The van der Waals surface area contributed by atoms with Crippen molar-refractivity contribution in [1.82, 2.24) is 15.2 Å². The van der Waals surface area contributed by atoms with Gasteiger partial charge in [-0.05, 0) is 42.0 Å². The van der Waals surface area contributed by atoms with Gasteiger partial charge in [0.1, 0.15) is 5.75 Å². The van der Waals surface area contributed by atoms with Gasteiger partial charge < -0.3 is 19.2 Å².